The highest BCUT2D eigenvalue weighted by Crippen LogP contribution is 2.36. The van der Waals surface area contributed by atoms with Gasteiger partial charge < -0.3 is 10.6 Å². The molecule has 204 valence electrons. The van der Waals surface area contributed by atoms with Gasteiger partial charge >= 0.3 is 0 Å². The van der Waals surface area contributed by atoms with E-state index >= 15 is 0 Å². The Morgan fingerprint density at radius 2 is 2.03 bits per heavy atom. The third kappa shape index (κ3) is 5.99. The number of carbonyl (C=O) groups excluding carboxylic acids is 2. The van der Waals surface area contributed by atoms with Crippen molar-refractivity contribution in [2.24, 2.45) is 13.0 Å². The van der Waals surface area contributed by atoms with E-state index in [1.165, 1.54) is 17.0 Å². The minimum Gasteiger partial charge on any atom is -0.353 e. The number of anilines is 1. The zero-order valence-corrected chi connectivity index (χ0v) is 24.2. The number of benzene rings is 1. The topological polar surface area (TPSA) is 102 Å². The first kappa shape index (κ1) is 27.3. The Hall–Kier alpha value is -3.30. The number of halogens is 1. The number of carbonyl (C=O) groups is 2. The summed E-state index contributed by atoms with van der Waals surface area (Å²) < 4.78 is 1.95. The van der Waals surface area contributed by atoms with Crippen molar-refractivity contribution in [2.45, 2.75) is 64.8 Å². The predicted octanol–water partition coefficient (Wildman–Crippen LogP) is 6.03. The van der Waals surface area contributed by atoms with Gasteiger partial charge in [0.25, 0.3) is 0 Å². The fourth-order valence-corrected chi connectivity index (χ4v) is 6.38. The third-order valence-electron chi connectivity index (χ3n) is 7.37. The van der Waals surface area contributed by atoms with E-state index in [4.69, 9.17) is 16.7 Å². The monoisotopic (exact) mass is 564 g/mol. The lowest BCUT2D eigenvalue weighted by Gasteiger charge is -2.29. The number of amides is 2. The maximum atomic E-state index is 13.2. The quantitative estimate of drug-likeness (QED) is 0.285. The molecule has 0 unspecified atom stereocenters. The van der Waals surface area contributed by atoms with Crippen molar-refractivity contribution in [1.29, 1.82) is 0 Å². The summed E-state index contributed by atoms with van der Waals surface area (Å²) in [7, 11) is 1.98. The molecule has 1 aliphatic rings. The molecule has 0 bridgehead atoms. The van der Waals surface area contributed by atoms with E-state index in [-0.39, 0.29) is 30.2 Å². The van der Waals surface area contributed by atoms with Crippen LogP contribution in [0.3, 0.4) is 0 Å². The van der Waals surface area contributed by atoms with Gasteiger partial charge in [-0.05, 0) is 61.4 Å². The van der Waals surface area contributed by atoms with E-state index in [0.717, 1.165) is 52.5 Å². The molecule has 1 aliphatic carbocycles. The Kier molecular flexibility index (Phi) is 8.00. The average molecular weight is 565 g/mol. The summed E-state index contributed by atoms with van der Waals surface area (Å²) in [4.78, 5) is 34.2. The second-order valence-electron chi connectivity index (χ2n) is 10.7. The molecule has 2 N–H and O–H groups in total. The van der Waals surface area contributed by atoms with Crippen molar-refractivity contribution in [1.82, 2.24) is 25.1 Å². The van der Waals surface area contributed by atoms with Crippen LogP contribution in [0.15, 0.2) is 35.3 Å². The average Bonchev–Trinajstić information content (AvgIpc) is 3.52. The zero-order chi connectivity index (χ0) is 27.7. The lowest BCUT2D eigenvalue weighted by atomic mass is 9.85. The SMILES string of the molecule is Cc1cc(-c2cc(NC(=O)[C@H]3CCC[C@@H](NC(=O)Cc4cscn4)C3)ncc2Cl)cc2c(C(C)C)n(C)nc12. The molecule has 3 heterocycles. The van der Waals surface area contributed by atoms with Gasteiger partial charge in [-0.2, -0.15) is 5.10 Å². The maximum absolute atomic E-state index is 13.2. The highest BCUT2D eigenvalue weighted by molar-refractivity contribution is 7.07. The minimum absolute atomic E-state index is 0.0290. The number of pyridine rings is 1. The smallest absolute Gasteiger partial charge is 0.228 e. The second-order valence-corrected chi connectivity index (χ2v) is 11.8. The van der Waals surface area contributed by atoms with Gasteiger partial charge in [0.05, 0.1) is 28.2 Å². The summed E-state index contributed by atoms with van der Waals surface area (Å²) in [5.41, 5.74) is 7.47. The van der Waals surface area contributed by atoms with Crippen LogP contribution < -0.4 is 10.6 Å². The van der Waals surface area contributed by atoms with Crippen molar-refractivity contribution >= 4 is 51.5 Å². The summed E-state index contributed by atoms with van der Waals surface area (Å²) in [6.07, 6.45) is 4.97. The molecule has 5 rings (SSSR count). The fourth-order valence-electron chi connectivity index (χ4n) is 5.61. The molecular weight excluding hydrogens is 532 g/mol. The molecular formula is C29H33ClN6O2S. The van der Waals surface area contributed by atoms with Gasteiger partial charge in [0.15, 0.2) is 0 Å². The Morgan fingerprint density at radius 1 is 1.21 bits per heavy atom. The maximum Gasteiger partial charge on any atom is 0.228 e. The number of nitrogens with zero attached hydrogens (tertiary/aromatic N) is 4. The summed E-state index contributed by atoms with van der Waals surface area (Å²) in [6.45, 7) is 6.37. The van der Waals surface area contributed by atoms with Crippen LogP contribution in [-0.2, 0) is 23.1 Å². The van der Waals surface area contributed by atoms with Gasteiger partial charge in [-0.15, -0.1) is 11.3 Å². The molecule has 4 aromatic rings. The highest BCUT2D eigenvalue weighted by Gasteiger charge is 2.29. The van der Waals surface area contributed by atoms with E-state index < -0.39 is 0 Å². The van der Waals surface area contributed by atoms with Gasteiger partial charge in [0.1, 0.15) is 5.82 Å². The molecule has 0 aliphatic heterocycles. The molecule has 1 aromatic carbocycles. The number of nitrogens with one attached hydrogen (secondary N) is 2. The molecule has 1 fully saturated rings. The van der Waals surface area contributed by atoms with Gasteiger partial charge in [0, 0.05) is 47.2 Å². The van der Waals surface area contributed by atoms with Crippen molar-refractivity contribution < 1.29 is 9.59 Å². The first-order valence-electron chi connectivity index (χ1n) is 13.3. The summed E-state index contributed by atoms with van der Waals surface area (Å²) in [5, 5.41) is 14.3. The molecule has 0 spiro atoms. The van der Waals surface area contributed by atoms with Crippen LogP contribution >= 0.6 is 22.9 Å². The van der Waals surface area contributed by atoms with E-state index in [9.17, 15) is 9.59 Å². The lowest BCUT2D eigenvalue weighted by Crippen LogP contribution is -2.41. The highest BCUT2D eigenvalue weighted by atomic mass is 35.5. The van der Waals surface area contributed by atoms with E-state index in [0.29, 0.717) is 23.2 Å². The summed E-state index contributed by atoms with van der Waals surface area (Å²) in [6, 6.07) is 6.00. The second kappa shape index (κ2) is 11.4. The molecule has 3 aromatic heterocycles. The normalized spacial score (nSPS) is 17.5. The van der Waals surface area contributed by atoms with Crippen molar-refractivity contribution in [3.63, 3.8) is 0 Å². The van der Waals surface area contributed by atoms with Crippen LogP contribution in [0.5, 0.6) is 0 Å². The minimum atomic E-state index is -0.202. The Morgan fingerprint density at radius 3 is 2.77 bits per heavy atom. The fraction of sp³-hybridized carbons (Fsp3) is 0.414. The van der Waals surface area contributed by atoms with E-state index in [1.54, 1.807) is 11.7 Å². The molecule has 0 saturated heterocycles. The van der Waals surface area contributed by atoms with Gasteiger partial charge in [-0.25, -0.2) is 9.97 Å². The number of rotatable bonds is 7. The third-order valence-corrected chi connectivity index (χ3v) is 8.31. The Balaban J connectivity index is 1.31. The summed E-state index contributed by atoms with van der Waals surface area (Å²) in [5.74, 6) is 0.426. The van der Waals surface area contributed by atoms with Crippen molar-refractivity contribution in [2.75, 3.05) is 5.32 Å². The number of hydrogen-bond donors (Lipinski definition) is 2. The standard InChI is InChI=1S/C29H33ClN6O2S/c1-16(2)28-23-10-19(8-17(3)27(23)35-36(28)4)22-12-25(31-13-24(22)30)34-29(38)18-6-5-7-20(9-18)33-26(37)11-21-14-39-15-32-21/h8,10,12-16,18,20H,5-7,9,11H2,1-4H3,(H,33,37)(H,31,34,38)/t18-,20+/m0/s1. The molecule has 2 amide bonds. The number of aryl methyl sites for hydroxylation is 2. The number of thiazole rings is 1. The first-order chi connectivity index (χ1) is 18.7. The van der Waals surface area contributed by atoms with E-state index in [2.05, 4.69) is 53.5 Å². The Bertz CT molecular complexity index is 1510. The van der Waals surface area contributed by atoms with Gasteiger partial charge in [-0.1, -0.05) is 31.9 Å². The zero-order valence-electron chi connectivity index (χ0n) is 22.6. The van der Waals surface area contributed by atoms with Crippen LogP contribution in [0, 0.1) is 12.8 Å². The van der Waals surface area contributed by atoms with Crippen molar-refractivity contribution in [3.8, 4) is 11.1 Å². The molecule has 0 radical (unpaired) electrons. The van der Waals surface area contributed by atoms with Crippen LogP contribution in [0.1, 0.15) is 62.4 Å². The molecule has 1 saturated carbocycles. The summed E-state index contributed by atoms with van der Waals surface area (Å²) >= 11 is 8.08. The largest absolute Gasteiger partial charge is 0.353 e. The Labute approximate surface area is 237 Å². The number of hydrogen-bond acceptors (Lipinski definition) is 6. The first-order valence-corrected chi connectivity index (χ1v) is 14.6. The lowest BCUT2D eigenvalue weighted by molar-refractivity contribution is -0.124. The molecule has 10 heteroatoms. The van der Waals surface area contributed by atoms with Gasteiger partial charge in [0.2, 0.25) is 11.8 Å². The molecule has 8 nitrogen and oxygen atoms in total. The number of aromatic nitrogens is 4. The molecule has 2 atom stereocenters. The van der Waals surface area contributed by atoms with Crippen LogP contribution in [-0.4, -0.2) is 37.6 Å². The predicted molar refractivity (Wildman–Crippen MR) is 156 cm³/mol. The molecule has 39 heavy (non-hydrogen) atoms. The number of fused-ring (bicyclic) bond motifs is 1. The van der Waals surface area contributed by atoms with Crippen LogP contribution in [0.4, 0.5) is 5.82 Å². The van der Waals surface area contributed by atoms with E-state index in [1.807, 2.05) is 23.2 Å². The van der Waals surface area contributed by atoms with Gasteiger partial charge in [-0.3, -0.25) is 14.3 Å². The van der Waals surface area contributed by atoms with Crippen LogP contribution in [0.25, 0.3) is 22.0 Å². The van der Waals surface area contributed by atoms with Crippen LogP contribution in [0.2, 0.25) is 5.02 Å². The van der Waals surface area contributed by atoms with Crippen molar-refractivity contribution in [3.05, 3.63) is 57.3 Å².